The lowest BCUT2D eigenvalue weighted by Crippen LogP contribution is -2.53. The molecule has 0 aromatic carbocycles. The van der Waals surface area contributed by atoms with Crippen molar-refractivity contribution in [3.05, 3.63) is 0 Å². The number of likely N-dealkylation sites (tertiary alicyclic amines) is 1. The minimum atomic E-state index is -0.126. The minimum Gasteiger partial charge on any atom is -0.324 e. The molecule has 1 fully saturated rings. The fourth-order valence-electron chi connectivity index (χ4n) is 1.88. The molecule has 0 bridgehead atoms. The first kappa shape index (κ1) is 14.8. The third-order valence-electron chi connectivity index (χ3n) is 3.44. The summed E-state index contributed by atoms with van der Waals surface area (Å²) in [5.74, 6) is 0. The molecule has 18 heavy (non-hydrogen) atoms. The summed E-state index contributed by atoms with van der Waals surface area (Å²) in [7, 11) is 1.87. The summed E-state index contributed by atoms with van der Waals surface area (Å²) in [6.45, 7) is 9.65. The molecule has 1 saturated heterocycles. The Bertz CT molecular complexity index is 301. The first-order valence-corrected chi connectivity index (χ1v) is 6.62. The van der Waals surface area contributed by atoms with Crippen molar-refractivity contribution in [1.29, 1.82) is 0 Å². The van der Waals surface area contributed by atoms with Crippen molar-refractivity contribution in [2.45, 2.75) is 52.1 Å². The average molecular weight is 254 g/mol. The lowest BCUT2D eigenvalue weighted by atomic mass is 10.1. The number of amides is 2. The Morgan fingerprint density at radius 3 is 2.39 bits per heavy atom. The molecule has 0 aliphatic carbocycles. The monoisotopic (exact) mass is 254 g/mol. The van der Waals surface area contributed by atoms with Crippen molar-refractivity contribution >= 4 is 12.2 Å². The van der Waals surface area contributed by atoms with Crippen LogP contribution in [0.3, 0.4) is 0 Å². The summed E-state index contributed by atoms with van der Waals surface area (Å²) in [6, 6.07) is 0.519. The first-order chi connectivity index (χ1) is 8.36. The van der Waals surface area contributed by atoms with Gasteiger partial charge in [0.15, 0.2) is 0 Å². The van der Waals surface area contributed by atoms with Crippen LogP contribution in [0.4, 0.5) is 4.79 Å². The van der Waals surface area contributed by atoms with Crippen LogP contribution in [-0.4, -0.2) is 53.8 Å². The van der Waals surface area contributed by atoms with Crippen LogP contribution in [0.5, 0.6) is 0 Å². The van der Waals surface area contributed by atoms with Crippen molar-refractivity contribution < 1.29 is 4.79 Å². The molecule has 0 unspecified atom stereocenters. The van der Waals surface area contributed by atoms with Crippen LogP contribution < -0.4 is 5.43 Å². The van der Waals surface area contributed by atoms with Gasteiger partial charge in [0.25, 0.3) is 0 Å². The van der Waals surface area contributed by atoms with Crippen LogP contribution >= 0.6 is 0 Å². The zero-order valence-electron chi connectivity index (χ0n) is 12.2. The standard InChI is InChI=1S/C13H26N4O/c1-6-14-15-11-7-9-17(10-8-11)12(18)16(5)13(2,3)4/h6,11,15H,7-10H2,1-5H3/b14-6-. The lowest BCUT2D eigenvalue weighted by molar-refractivity contribution is 0.114. The van der Waals surface area contributed by atoms with Gasteiger partial charge in [-0.2, -0.15) is 5.10 Å². The molecule has 0 spiro atoms. The molecule has 5 nitrogen and oxygen atoms in total. The van der Waals surface area contributed by atoms with E-state index in [2.05, 4.69) is 31.3 Å². The number of piperidine rings is 1. The Morgan fingerprint density at radius 2 is 1.94 bits per heavy atom. The summed E-state index contributed by atoms with van der Waals surface area (Å²) in [5, 5.41) is 4.05. The second-order valence-electron chi connectivity index (χ2n) is 5.79. The van der Waals surface area contributed by atoms with E-state index >= 15 is 0 Å². The van der Waals surface area contributed by atoms with Gasteiger partial charge >= 0.3 is 6.03 Å². The third kappa shape index (κ3) is 3.89. The smallest absolute Gasteiger partial charge is 0.320 e. The van der Waals surface area contributed by atoms with Crippen molar-refractivity contribution in [2.24, 2.45) is 5.10 Å². The van der Waals surface area contributed by atoms with Crippen LogP contribution in [0.25, 0.3) is 0 Å². The van der Waals surface area contributed by atoms with Gasteiger partial charge in [-0.25, -0.2) is 4.79 Å². The Balaban J connectivity index is 2.45. The Morgan fingerprint density at radius 1 is 1.39 bits per heavy atom. The molecular formula is C13H26N4O. The molecule has 2 amide bonds. The van der Waals surface area contributed by atoms with E-state index in [-0.39, 0.29) is 11.6 Å². The topological polar surface area (TPSA) is 47.9 Å². The van der Waals surface area contributed by atoms with E-state index in [1.54, 1.807) is 6.21 Å². The van der Waals surface area contributed by atoms with E-state index in [0.717, 1.165) is 25.9 Å². The highest BCUT2D eigenvalue weighted by molar-refractivity contribution is 5.75. The third-order valence-corrected chi connectivity index (χ3v) is 3.44. The number of carbonyl (C=O) groups excluding carboxylic acids is 1. The normalized spacial score (nSPS) is 18.2. The zero-order valence-corrected chi connectivity index (χ0v) is 12.2. The highest BCUT2D eigenvalue weighted by Gasteiger charge is 2.29. The highest BCUT2D eigenvalue weighted by Crippen LogP contribution is 2.17. The molecule has 0 saturated carbocycles. The minimum absolute atomic E-state index is 0.125. The maximum atomic E-state index is 12.3. The van der Waals surface area contributed by atoms with Crippen molar-refractivity contribution in [3.8, 4) is 0 Å². The van der Waals surface area contributed by atoms with Crippen LogP contribution in [0, 0.1) is 0 Å². The van der Waals surface area contributed by atoms with Crippen LogP contribution in [-0.2, 0) is 0 Å². The molecule has 0 atom stereocenters. The van der Waals surface area contributed by atoms with Crippen LogP contribution in [0.1, 0.15) is 40.5 Å². The predicted octanol–water partition coefficient (Wildman–Crippen LogP) is 1.90. The number of hydrogen-bond donors (Lipinski definition) is 1. The fraction of sp³-hybridized carbons (Fsp3) is 0.846. The van der Waals surface area contributed by atoms with Crippen molar-refractivity contribution in [1.82, 2.24) is 15.2 Å². The summed E-state index contributed by atoms with van der Waals surface area (Å²) >= 11 is 0. The molecule has 1 aliphatic rings. The van der Waals surface area contributed by atoms with Gasteiger partial charge in [-0.05, 0) is 40.5 Å². The van der Waals surface area contributed by atoms with Gasteiger partial charge in [-0.3, -0.25) is 0 Å². The van der Waals surface area contributed by atoms with Crippen molar-refractivity contribution in [2.75, 3.05) is 20.1 Å². The SMILES string of the molecule is C/C=N\NC1CCN(C(=O)N(C)C(C)(C)C)CC1. The predicted molar refractivity (Wildman–Crippen MR) is 74.8 cm³/mol. The van der Waals surface area contributed by atoms with Crippen LogP contribution in [0.15, 0.2) is 5.10 Å². The number of carbonyl (C=O) groups is 1. The van der Waals surface area contributed by atoms with E-state index in [0.29, 0.717) is 6.04 Å². The number of hydrazone groups is 1. The second kappa shape index (κ2) is 6.07. The van der Waals surface area contributed by atoms with Gasteiger partial charge in [-0.15, -0.1) is 0 Å². The molecule has 0 aromatic rings. The molecule has 1 rings (SSSR count). The van der Waals surface area contributed by atoms with E-state index in [1.165, 1.54) is 0 Å². The number of nitrogens with zero attached hydrogens (tertiary/aromatic N) is 3. The summed E-state index contributed by atoms with van der Waals surface area (Å²) in [5.41, 5.74) is 2.98. The largest absolute Gasteiger partial charge is 0.324 e. The quantitative estimate of drug-likeness (QED) is 0.604. The number of urea groups is 1. The van der Waals surface area contributed by atoms with E-state index in [4.69, 9.17) is 0 Å². The molecule has 104 valence electrons. The Labute approximate surface area is 110 Å². The zero-order chi connectivity index (χ0) is 13.8. The molecule has 0 aromatic heterocycles. The van der Waals surface area contributed by atoms with Gasteiger partial charge in [-0.1, -0.05) is 0 Å². The van der Waals surface area contributed by atoms with Gasteiger partial charge in [0.2, 0.25) is 0 Å². The molecule has 0 radical (unpaired) electrons. The van der Waals surface area contributed by atoms with Crippen molar-refractivity contribution in [3.63, 3.8) is 0 Å². The molecule has 1 aliphatic heterocycles. The lowest BCUT2D eigenvalue weighted by Gasteiger charge is -2.39. The maximum absolute atomic E-state index is 12.3. The number of rotatable bonds is 2. The maximum Gasteiger partial charge on any atom is 0.320 e. The van der Waals surface area contributed by atoms with Gasteiger partial charge in [0, 0.05) is 37.9 Å². The van der Waals surface area contributed by atoms with E-state index in [1.807, 2.05) is 23.8 Å². The van der Waals surface area contributed by atoms with E-state index < -0.39 is 0 Å². The average Bonchev–Trinajstić information content (AvgIpc) is 2.34. The molecule has 1 heterocycles. The first-order valence-electron chi connectivity index (χ1n) is 6.62. The second-order valence-corrected chi connectivity index (χ2v) is 5.79. The summed E-state index contributed by atoms with van der Waals surface area (Å²) < 4.78 is 0. The Hall–Kier alpha value is -1.26. The van der Waals surface area contributed by atoms with Gasteiger partial charge in [0.1, 0.15) is 0 Å². The summed E-state index contributed by atoms with van der Waals surface area (Å²) in [6.07, 6.45) is 3.67. The number of nitrogens with one attached hydrogen (secondary N) is 1. The highest BCUT2D eigenvalue weighted by atomic mass is 16.2. The molecule has 5 heteroatoms. The molecular weight excluding hydrogens is 228 g/mol. The Kier molecular flexibility index (Phi) is 4.99. The number of hydrogen-bond acceptors (Lipinski definition) is 3. The van der Waals surface area contributed by atoms with Gasteiger partial charge < -0.3 is 15.2 Å². The van der Waals surface area contributed by atoms with E-state index in [9.17, 15) is 4.79 Å². The summed E-state index contributed by atoms with van der Waals surface area (Å²) in [4.78, 5) is 16.0. The fourth-order valence-corrected chi connectivity index (χ4v) is 1.88. The van der Waals surface area contributed by atoms with Crippen LogP contribution in [0.2, 0.25) is 0 Å². The molecule has 1 N–H and O–H groups in total. The van der Waals surface area contributed by atoms with Gasteiger partial charge in [0.05, 0.1) is 0 Å².